The van der Waals surface area contributed by atoms with E-state index in [1.54, 1.807) is 6.92 Å². The number of rotatable bonds is 1. The van der Waals surface area contributed by atoms with Gasteiger partial charge in [-0.25, -0.2) is 9.78 Å². The second kappa shape index (κ2) is 4.84. The van der Waals surface area contributed by atoms with E-state index in [4.69, 9.17) is 19.2 Å². The van der Waals surface area contributed by atoms with Gasteiger partial charge in [0.1, 0.15) is 0 Å². The Hall–Kier alpha value is -0.830. The zero-order valence-corrected chi connectivity index (χ0v) is 12.7. The summed E-state index contributed by atoms with van der Waals surface area (Å²) in [5.41, 5.74) is -1.27. The standard InChI is InChI=1S/C15H19F3O5/c1-13-6-5-8-3-2-4-10-9(7-19)11(15(16,17)18)20-12(21-13)14(8,10)23-22-13/h8,10,12,19H,2-7H2,1H3/t8?,10-,12+,13?,14?/m0/s1. The lowest BCUT2D eigenvalue weighted by Gasteiger charge is -2.56. The van der Waals surface area contributed by atoms with Gasteiger partial charge in [-0.2, -0.15) is 13.2 Å². The normalized spacial score (nSPS) is 46.2. The second-order valence-corrected chi connectivity index (χ2v) is 6.95. The minimum Gasteiger partial charge on any atom is -0.456 e. The Kier molecular flexibility index (Phi) is 3.30. The van der Waals surface area contributed by atoms with Crippen molar-refractivity contribution in [1.29, 1.82) is 0 Å². The van der Waals surface area contributed by atoms with Crippen molar-refractivity contribution in [3.63, 3.8) is 0 Å². The molecule has 3 unspecified atom stereocenters. The van der Waals surface area contributed by atoms with Crippen LogP contribution in [-0.2, 0) is 19.2 Å². The zero-order valence-electron chi connectivity index (χ0n) is 12.7. The molecule has 8 heteroatoms. The van der Waals surface area contributed by atoms with Gasteiger partial charge in [-0.1, -0.05) is 6.42 Å². The number of hydrogen-bond donors (Lipinski definition) is 1. The molecule has 0 aromatic carbocycles. The van der Waals surface area contributed by atoms with Gasteiger partial charge in [-0.15, -0.1) is 0 Å². The number of aliphatic hydroxyl groups is 1. The monoisotopic (exact) mass is 336 g/mol. The van der Waals surface area contributed by atoms with Crippen LogP contribution in [0.1, 0.15) is 39.0 Å². The average Bonchev–Trinajstić information content (AvgIpc) is 2.71. The number of alkyl halides is 3. The van der Waals surface area contributed by atoms with E-state index in [1.807, 2.05) is 0 Å². The molecule has 0 radical (unpaired) electrons. The summed E-state index contributed by atoms with van der Waals surface area (Å²) in [6, 6.07) is 0. The quantitative estimate of drug-likeness (QED) is 0.746. The minimum absolute atomic E-state index is 0.0214. The van der Waals surface area contributed by atoms with E-state index >= 15 is 0 Å². The van der Waals surface area contributed by atoms with Crippen LogP contribution < -0.4 is 0 Å². The third kappa shape index (κ3) is 2.08. The molecule has 1 spiro atoms. The Morgan fingerprint density at radius 1 is 1.22 bits per heavy atom. The van der Waals surface area contributed by atoms with Crippen LogP contribution in [0.4, 0.5) is 13.2 Å². The molecule has 2 bridgehead atoms. The van der Waals surface area contributed by atoms with Gasteiger partial charge in [0.15, 0.2) is 5.60 Å². The lowest BCUT2D eigenvalue weighted by molar-refractivity contribution is -0.556. The predicted molar refractivity (Wildman–Crippen MR) is 69.5 cm³/mol. The van der Waals surface area contributed by atoms with Crippen molar-refractivity contribution in [1.82, 2.24) is 0 Å². The third-order valence-corrected chi connectivity index (χ3v) is 5.63. The third-order valence-electron chi connectivity index (χ3n) is 5.63. The van der Waals surface area contributed by atoms with Crippen LogP contribution in [0.15, 0.2) is 11.3 Å². The van der Waals surface area contributed by atoms with Gasteiger partial charge in [0.25, 0.3) is 0 Å². The highest BCUT2D eigenvalue weighted by Crippen LogP contribution is 2.59. The smallest absolute Gasteiger partial charge is 0.449 e. The molecule has 4 aliphatic heterocycles. The Labute approximate surface area is 131 Å². The maximum Gasteiger partial charge on any atom is 0.449 e. The van der Waals surface area contributed by atoms with Gasteiger partial charge in [-0.3, -0.25) is 0 Å². The van der Waals surface area contributed by atoms with Gasteiger partial charge in [-0.05, 0) is 32.1 Å². The summed E-state index contributed by atoms with van der Waals surface area (Å²) < 4.78 is 51.1. The molecule has 23 heavy (non-hydrogen) atoms. The van der Waals surface area contributed by atoms with E-state index < -0.39 is 42.1 Å². The number of ether oxygens (including phenoxy) is 2. The number of aliphatic hydroxyl groups excluding tert-OH is 1. The summed E-state index contributed by atoms with van der Waals surface area (Å²) in [6.07, 6.45) is -2.52. The highest BCUT2D eigenvalue weighted by atomic mass is 19.4. The maximum atomic E-state index is 13.4. The first kappa shape index (κ1) is 15.7. The first-order valence-electron chi connectivity index (χ1n) is 7.92. The van der Waals surface area contributed by atoms with E-state index in [9.17, 15) is 18.3 Å². The fraction of sp³-hybridized carbons (Fsp3) is 0.867. The average molecular weight is 336 g/mol. The number of fused-ring (bicyclic) bond motifs is 2. The minimum atomic E-state index is -4.68. The molecule has 4 heterocycles. The Morgan fingerprint density at radius 3 is 2.70 bits per heavy atom. The van der Waals surface area contributed by atoms with Gasteiger partial charge in [0.05, 0.1) is 6.61 Å². The molecule has 0 aromatic heterocycles. The SMILES string of the molecule is CC12CCC3CCC[C@H]4C(CO)=C(C(F)(F)F)O[C@H](O1)C34OO2. The van der Waals surface area contributed by atoms with Crippen molar-refractivity contribution in [3.05, 3.63) is 11.3 Å². The molecule has 130 valence electrons. The van der Waals surface area contributed by atoms with Crippen LogP contribution in [0.25, 0.3) is 0 Å². The summed E-state index contributed by atoms with van der Waals surface area (Å²) in [6.45, 7) is 0.926. The first-order chi connectivity index (χ1) is 10.8. The molecule has 5 rings (SSSR count). The van der Waals surface area contributed by atoms with Crippen molar-refractivity contribution < 1.29 is 37.5 Å². The topological polar surface area (TPSA) is 57.2 Å². The van der Waals surface area contributed by atoms with Gasteiger partial charge in [0, 0.05) is 17.9 Å². The molecular formula is C15H19F3O5. The fourth-order valence-corrected chi connectivity index (χ4v) is 4.57. The fourth-order valence-electron chi connectivity index (χ4n) is 4.57. The van der Waals surface area contributed by atoms with E-state index in [0.29, 0.717) is 12.8 Å². The van der Waals surface area contributed by atoms with Crippen molar-refractivity contribution in [2.45, 2.75) is 62.9 Å². The van der Waals surface area contributed by atoms with Crippen LogP contribution in [0.5, 0.6) is 0 Å². The Bertz CT molecular complexity index is 548. The molecule has 1 aliphatic carbocycles. The highest BCUT2D eigenvalue weighted by Gasteiger charge is 2.68. The molecule has 3 saturated heterocycles. The van der Waals surface area contributed by atoms with Crippen LogP contribution in [-0.4, -0.2) is 35.6 Å². The molecule has 0 aromatic rings. The van der Waals surface area contributed by atoms with Crippen LogP contribution >= 0.6 is 0 Å². The molecule has 1 N–H and O–H groups in total. The molecule has 1 saturated carbocycles. The largest absolute Gasteiger partial charge is 0.456 e. The van der Waals surface area contributed by atoms with Gasteiger partial charge >= 0.3 is 6.18 Å². The number of hydrogen-bond acceptors (Lipinski definition) is 5. The maximum absolute atomic E-state index is 13.4. The van der Waals surface area contributed by atoms with E-state index in [1.165, 1.54) is 0 Å². The van der Waals surface area contributed by atoms with Crippen molar-refractivity contribution in [2.75, 3.05) is 6.61 Å². The summed E-state index contributed by atoms with van der Waals surface area (Å²) in [5.74, 6) is -2.89. The Balaban J connectivity index is 1.87. The lowest BCUT2D eigenvalue weighted by atomic mass is 9.63. The molecule has 5 aliphatic rings. The van der Waals surface area contributed by atoms with Crippen LogP contribution in [0, 0.1) is 11.8 Å². The molecular weight excluding hydrogens is 317 g/mol. The van der Waals surface area contributed by atoms with E-state index in [0.717, 1.165) is 19.3 Å². The predicted octanol–water partition coefficient (Wildman–Crippen LogP) is 2.79. The van der Waals surface area contributed by atoms with Gasteiger partial charge < -0.3 is 14.6 Å². The van der Waals surface area contributed by atoms with Crippen molar-refractivity contribution >= 4 is 0 Å². The number of halogens is 3. The summed E-state index contributed by atoms with van der Waals surface area (Å²) in [4.78, 5) is 11.1. The van der Waals surface area contributed by atoms with Crippen molar-refractivity contribution in [2.24, 2.45) is 11.8 Å². The Morgan fingerprint density at radius 2 is 2.00 bits per heavy atom. The van der Waals surface area contributed by atoms with Crippen LogP contribution in [0.2, 0.25) is 0 Å². The van der Waals surface area contributed by atoms with Crippen molar-refractivity contribution in [3.8, 4) is 0 Å². The van der Waals surface area contributed by atoms with Gasteiger partial charge in [0.2, 0.25) is 17.8 Å². The first-order valence-corrected chi connectivity index (χ1v) is 7.92. The highest BCUT2D eigenvalue weighted by molar-refractivity contribution is 5.27. The van der Waals surface area contributed by atoms with E-state index in [-0.39, 0.29) is 11.5 Å². The molecule has 5 atom stereocenters. The molecule has 0 amide bonds. The number of allylic oxidation sites excluding steroid dienone is 1. The lowest BCUT2D eigenvalue weighted by Crippen LogP contribution is -2.66. The summed E-state index contributed by atoms with van der Waals surface area (Å²) in [7, 11) is 0. The second-order valence-electron chi connectivity index (χ2n) is 6.95. The van der Waals surface area contributed by atoms with E-state index in [2.05, 4.69) is 0 Å². The van der Waals surface area contributed by atoms with Crippen LogP contribution in [0.3, 0.4) is 0 Å². The zero-order chi connectivity index (χ0) is 16.5. The summed E-state index contributed by atoms with van der Waals surface area (Å²) >= 11 is 0. The summed E-state index contributed by atoms with van der Waals surface area (Å²) in [5, 5.41) is 9.60. The molecule has 5 nitrogen and oxygen atoms in total. The molecule has 4 fully saturated rings.